The van der Waals surface area contributed by atoms with Crippen molar-refractivity contribution in [1.82, 2.24) is 0 Å². The normalized spacial score (nSPS) is 16.8. The summed E-state index contributed by atoms with van der Waals surface area (Å²) in [6, 6.07) is 12.9. The molecular weight excluding hydrogens is 410 g/mol. The van der Waals surface area contributed by atoms with Crippen LogP contribution in [0.5, 0.6) is 5.75 Å². The van der Waals surface area contributed by atoms with Gasteiger partial charge in [0.1, 0.15) is 5.75 Å². The summed E-state index contributed by atoms with van der Waals surface area (Å²) in [4.78, 5) is 26.2. The Morgan fingerprint density at radius 3 is 2.62 bits per heavy atom. The second-order valence-corrected chi connectivity index (χ2v) is 6.69. The molecule has 0 aromatic heterocycles. The van der Waals surface area contributed by atoms with Crippen LogP contribution < -0.4 is 15.0 Å². The quantitative estimate of drug-likeness (QED) is 0.787. The number of hydrogen-bond donors (Lipinski definition) is 1. The molecule has 5 nitrogen and oxygen atoms in total. The van der Waals surface area contributed by atoms with Crippen molar-refractivity contribution in [3.05, 3.63) is 53.0 Å². The van der Waals surface area contributed by atoms with Gasteiger partial charge >= 0.3 is 6.61 Å². The molecule has 3 rings (SSSR count). The highest BCUT2D eigenvalue weighted by molar-refractivity contribution is 9.10. The van der Waals surface area contributed by atoms with Crippen LogP contribution in [0, 0.1) is 5.92 Å². The van der Waals surface area contributed by atoms with E-state index in [1.165, 1.54) is 24.3 Å². The SMILES string of the molecule is O=C(Nc1ccc(OC(F)F)cc1)C1CC(=O)N(c2cccc(Br)c2)C1. The summed E-state index contributed by atoms with van der Waals surface area (Å²) in [7, 11) is 0. The van der Waals surface area contributed by atoms with E-state index in [0.29, 0.717) is 5.69 Å². The topological polar surface area (TPSA) is 58.6 Å². The maximum atomic E-state index is 12.4. The van der Waals surface area contributed by atoms with Crippen molar-refractivity contribution in [3.8, 4) is 5.75 Å². The van der Waals surface area contributed by atoms with E-state index in [1.807, 2.05) is 24.3 Å². The molecule has 0 bridgehead atoms. The maximum absolute atomic E-state index is 12.4. The summed E-state index contributed by atoms with van der Waals surface area (Å²) in [6.45, 7) is -2.61. The Hall–Kier alpha value is -2.48. The summed E-state index contributed by atoms with van der Waals surface area (Å²) < 4.78 is 29.4. The van der Waals surface area contributed by atoms with Crippen molar-refractivity contribution >= 4 is 39.1 Å². The number of alkyl halides is 2. The number of rotatable bonds is 5. The van der Waals surface area contributed by atoms with Gasteiger partial charge in [-0.25, -0.2) is 0 Å². The number of anilines is 2. The van der Waals surface area contributed by atoms with Crippen LogP contribution in [-0.4, -0.2) is 25.0 Å². The third kappa shape index (κ3) is 4.37. The standard InChI is InChI=1S/C18H15BrF2N2O3/c19-12-2-1-3-14(9-12)23-10-11(8-16(23)24)17(25)22-13-4-6-15(7-5-13)26-18(20)21/h1-7,9,11,18H,8,10H2,(H,22,25). The lowest BCUT2D eigenvalue weighted by molar-refractivity contribution is -0.122. The Bertz CT molecular complexity index is 814. The van der Waals surface area contributed by atoms with E-state index < -0.39 is 12.5 Å². The van der Waals surface area contributed by atoms with Gasteiger partial charge in [0.2, 0.25) is 11.8 Å². The molecule has 136 valence electrons. The fourth-order valence-corrected chi connectivity index (χ4v) is 3.13. The highest BCUT2D eigenvalue weighted by Gasteiger charge is 2.35. The van der Waals surface area contributed by atoms with E-state index in [9.17, 15) is 18.4 Å². The number of hydrogen-bond acceptors (Lipinski definition) is 3. The summed E-state index contributed by atoms with van der Waals surface area (Å²) >= 11 is 3.36. The molecule has 1 heterocycles. The zero-order chi connectivity index (χ0) is 18.7. The molecule has 1 atom stereocenters. The lowest BCUT2D eigenvalue weighted by Gasteiger charge is -2.17. The molecule has 1 unspecified atom stereocenters. The summed E-state index contributed by atoms with van der Waals surface area (Å²) in [5, 5.41) is 2.70. The van der Waals surface area contributed by atoms with Crippen molar-refractivity contribution in [2.24, 2.45) is 5.92 Å². The summed E-state index contributed by atoms with van der Waals surface area (Å²) in [5.74, 6) is -0.893. The first-order valence-electron chi connectivity index (χ1n) is 7.84. The zero-order valence-corrected chi connectivity index (χ0v) is 15.1. The number of benzene rings is 2. The van der Waals surface area contributed by atoms with Gasteiger partial charge in [-0.15, -0.1) is 0 Å². The molecule has 0 radical (unpaired) electrons. The van der Waals surface area contributed by atoms with E-state index in [-0.39, 0.29) is 30.5 Å². The zero-order valence-electron chi connectivity index (χ0n) is 13.5. The Labute approximate surface area is 157 Å². The van der Waals surface area contributed by atoms with Crippen molar-refractivity contribution in [3.63, 3.8) is 0 Å². The second-order valence-electron chi connectivity index (χ2n) is 5.78. The van der Waals surface area contributed by atoms with Crippen molar-refractivity contribution in [1.29, 1.82) is 0 Å². The Morgan fingerprint density at radius 2 is 1.96 bits per heavy atom. The minimum atomic E-state index is -2.90. The molecule has 26 heavy (non-hydrogen) atoms. The number of amides is 2. The second kappa shape index (κ2) is 7.82. The predicted octanol–water partition coefficient (Wildman–Crippen LogP) is 4.04. The molecular formula is C18H15BrF2N2O3. The number of halogens is 3. The van der Waals surface area contributed by atoms with E-state index in [2.05, 4.69) is 26.0 Å². The predicted molar refractivity (Wildman–Crippen MR) is 96.3 cm³/mol. The maximum Gasteiger partial charge on any atom is 0.387 e. The van der Waals surface area contributed by atoms with Crippen molar-refractivity contribution in [2.45, 2.75) is 13.0 Å². The van der Waals surface area contributed by atoms with Crippen LogP contribution in [0.3, 0.4) is 0 Å². The Balaban J connectivity index is 1.63. The lowest BCUT2D eigenvalue weighted by Crippen LogP contribution is -2.28. The largest absolute Gasteiger partial charge is 0.435 e. The average Bonchev–Trinajstić information content (AvgIpc) is 2.98. The number of carbonyl (C=O) groups excluding carboxylic acids is 2. The molecule has 1 saturated heterocycles. The van der Waals surface area contributed by atoms with Gasteiger partial charge in [-0.05, 0) is 42.5 Å². The van der Waals surface area contributed by atoms with Gasteiger partial charge in [0.05, 0.1) is 5.92 Å². The van der Waals surface area contributed by atoms with Gasteiger partial charge in [-0.3, -0.25) is 9.59 Å². The van der Waals surface area contributed by atoms with Crippen LogP contribution in [0.4, 0.5) is 20.2 Å². The highest BCUT2D eigenvalue weighted by atomic mass is 79.9. The van der Waals surface area contributed by atoms with Crippen LogP contribution in [0.2, 0.25) is 0 Å². The number of nitrogens with zero attached hydrogens (tertiary/aromatic N) is 1. The van der Waals surface area contributed by atoms with Crippen molar-refractivity contribution in [2.75, 3.05) is 16.8 Å². The van der Waals surface area contributed by atoms with E-state index in [4.69, 9.17) is 0 Å². The smallest absolute Gasteiger partial charge is 0.387 e. The molecule has 8 heteroatoms. The minimum absolute atomic E-state index is 0.00914. The van der Waals surface area contributed by atoms with Crippen LogP contribution in [0.25, 0.3) is 0 Å². The fraction of sp³-hybridized carbons (Fsp3) is 0.222. The van der Waals surface area contributed by atoms with E-state index >= 15 is 0 Å². The monoisotopic (exact) mass is 424 g/mol. The van der Waals surface area contributed by atoms with Crippen LogP contribution in [-0.2, 0) is 9.59 Å². The highest BCUT2D eigenvalue weighted by Crippen LogP contribution is 2.28. The third-order valence-corrected chi connectivity index (χ3v) is 4.46. The van der Waals surface area contributed by atoms with E-state index in [1.54, 1.807) is 4.90 Å². The third-order valence-electron chi connectivity index (χ3n) is 3.96. The molecule has 2 amide bonds. The molecule has 0 spiro atoms. The van der Waals surface area contributed by atoms with Gasteiger partial charge < -0.3 is 15.0 Å². The summed E-state index contributed by atoms with van der Waals surface area (Å²) in [5.41, 5.74) is 1.18. The van der Waals surface area contributed by atoms with Gasteiger partial charge in [-0.2, -0.15) is 8.78 Å². The van der Waals surface area contributed by atoms with Gasteiger partial charge in [0.15, 0.2) is 0 Å². The molecule has 1 aliphatic rings. The van der Waals surface area contributed by atoms with E-state index in [0.717, 1.165) is 10.2 Å². The number of carbonyl (C=O) groups is 2. The fourth-order valence-electron chi connectivity index (χ4n) is 2.74. The molecule has 2 aromatic rings. The number of nitrogens with one attached hydrogen (secondary N) is 1. The molecule has 0 saturated carbocycles. The first kappa shape index (κ1) is 18.3. The molecule has 1 N–H and O–H groups in total. The van der Waals surface area contributed by atoms with Gasteiger partial charge in [-0.1, -0.05) is 22.0 Å². The summed E-state index contributed by atoms with van der Waals surface area (Å²) in [6.07, 6.45) is 0.116. The molecule has 1 fully saturated rings. The van der Waals surface area contributed by atoms with Crippen LogP contribution >= 0.6 is 15.9 Å². The van der Waals surface area contributed by atoms with Crippen molar-refractivity contribution < 1.29 is 23.1 Å². The lowest BCUT2D eigenvalue weighted by atomic mass is 10.1. The van der Waals surface area contributed by atoms with Gasteiger partial charge in [0.25, 0.3) is 0 Å². The molecule has 0 aliphatic carbocycles. The minimum Gasteiger partial charge on any atom is -0.435 e. The average molecular weight is 425 g/mol. The first-order valence-corrected chi connectivity index (χ1v) is 8.63. The van der Waals surface area contributed by atoms with Crippen LogP contribution in [0.15, 0.2) is 53.0 Å². The first-order chi connectivity index (χ1) is 12.4. The van der Waals surface area contributed by atoms with Gasteiger partial charge in [0, 0.05) is 28.8 Å². The Morgan fingerprint density at radius 1 is 1.23 bits per heavy atom. The molecule has 2 aromatic carbocycles. The molecule has 1 aliphatic heterocycles. The van der Waals surface area contributed by atoms with Crippen LogP contribution in [0.1, 0.15) is 6.42 Å². The number of ether oxygens (including phenoxy) is 1. The Kier molecular flexibility index (Phi) is 5.51.